The smallest absolute Gasteiger partial charge is 0.368 e. The quantitative estimate of drug-likeness (QED) is 0.395. The number of nitrogens with two attached hydrogens (primary N) is 1. The van der Waals surface area contributed by atoms with Gasteiger partial charge in [-0.15, -0.1) is 0 Å². The molecule has 0 bridgehead atoms. The number of piperidine rings is 1. The summed E-state index contributed by atoms with van der Waals surface area (Å²) in [6.07, 6.45) is 10.2. The second kappa shape index (κ2) is 12.0. The van der Waals surface area contributed by atoms with Crippen molar-refractivity contribution < 1.29 is 22.8 Å². The number of amides is 2. The zero-order valence-corrected chi connectivity index (χ0v) is 22.5. The number of carbonyl (C=O) groups excluding carboxylic acids is 2. The Bertz CT molecular complexity index is 1300. The van der Waals surface area contributed by atoms with Crippen molar-refractivity contribution in [2.45, 2.75) is 69.1 Å². The number of para-hydroxylation sites is 1. The van der Waals surface area contributed by atoms with Crippen LogP contribution in [0.5, 0.6) is 0 Å². The van der Waals surface area contributed by atoms with E-state index in [0.29, 0.717) is 31.8 Å². The lowest BCUT2D eigenvalue weighted by Gasteiger charge is -2.38. The van der Waals surface area contributed by atoms with Crippen molar-refractivity contribution >= 4 is 22.7 Å². The predicted octanol–water partition coefficient (Wildman–Crippen LogP) is 5.50. The topological polar surface area (TPSA) is 91.2 Å². The van der Waals surface area contributed by atoms with Gasteiger partial charge in [0.15, 0.2) is 0 Å². The molecule has 2 fully saturated rings. The van der Waals surface area contributed by atoms with Crippen LogP contribution in [0.2, 0.25) is 0 Å². The molecular formula is C31H37F3N4O2. The number of hydrogen-bond donors (Lipinski definition) is 3. The summed E-state index contributed by atoms with van der Waals surface area (Å²) < 4.78 is 38.3. The van der Waals surface area contributed by atoms with Crippen LogP contribution in [0.15, 0.2) is 66.4 Å². The van der Waals surface area contributed by atoms with Crippen LogP contribution in [0.3, 0.4) is 0 Å². The highest BCUT2D eigenvalue weighted by atomic mass is 19.4. The number of benzene rings is 1. The summed E-state index contributed by atoms with van der Waals surface area (Å²) >= 11 is 0. The van der Waals surface area contributed by atoms with Gasteiger partial charge >= 0.3 is 6.18 Å². The third-order valence-electron chi connectivity index (χ3n) is 8.78. The molecule has 4 N–H and O–H groups in total. The number of hydrogen-bond acceptors (Lipinski definition) is 3. The Morgan fingerprint density at radius 2 is 1.80 bits per heavy atom. The fraction of sp³-hybridized carbons (Fsp3) is 0.484. The summed E-state index contributed by atoms with van der Waals surface area (Å²) in [6.45, 7) is 1.04. The highest BCUT2D eigenvalue weighted by Crippen LogP contribution is 2.37. The van der Waals surface area contributed by atoms with Gasteiger partial charge in [-0.1, -0.05) is 42.5 Å². The number of rotatable bonds is 7. The lowest BCUT2D eigenvalue weighted by atomic mass is 9.80. The monoisotopic (exact) mass is 554 g/mol. The second-order valence-electron chi connectivity index (χ2n) is 11.3. The van der Waals surface area contributed by atoms with Crippen molar-refractivity contribution in [3.05, 3.63) is 72.0 Å². The van der Waals surface area contributed by atoms with Crippen molar-refractivity contribution in [2.75, 3.05) is 13.1 Å². The van der Waals surface area contributed by atoms with Gasteiger partial charge in [0.05, 0.1) is 11.6 Å². The van der Waals surface area contributed by atoms with E-state index >= 15 is 0 Å². The van der Waals surface area contributed by atoms with Crippen molar-refractivity contribution in [3.63, 3.8) is 0 Å². The zero-order chi connectivity index (χ0) is 28.3. The number of aromatic nitrogens is 1. The molecule has 40 heavy (non-hydrogen) atoms. The molecule has 9 heteroatoms. The van der Waals surface area contributed by atoms with Crippen LogP contribution in [0.25, 0.3) is 10.9 Å². The first kappa shape index (κ1) is 28.2. The third-order valence-corrected chi connectivity index (χ3v) is 8.78. The second-order valence-corrected chi connectivity index (χ2v) is 11.3. The van der Waals surface area contributed by atoms with E-state index in [4.69, 9.17) is 5.73 Å². The number of nitrogens with zero attached hydrogens (tertiary/aromatic N) is 1. The Morgan fingerprint density at radius 3 is 2.45 bits per heavy atom. The number of allylic oxidation sites excluding steroid dienone is 5. The molecule has 1 saturated carbocycles. The van der Waals surface area contributed by atoms with E-state index < -0.39 is 17.8 Å². The normalized spacial score (nSPS) is 25.3. The maximum Gasteiger partial charge on any atom is 0.416 e. The minimum atomic E-state index is -4.35. The predicted molar refractivity (Wildman–Crippen MR) is 149 cm³/mol. The molecule has 2 aliphatic carbocycles. The SMILES string of the molecule is NC(=O)C(NC1CCC(c2c[nH]c3ccccc23)CC1)C1CCN(C(=O)/C=C/C2C=CC(C(F)(F)F)=CC2)CC1. The van der Waals surface area contributed by atoms with Crippen molar-refractivity contribution in [3.8, 4) is 0 Å². The average Bonchev–Trinajstić information content (AvgIpc) is 3.39. The van der Waals surface area contributed by atoms with Gasteiger partial charge in [-0.05, 0) is 80.4 Å². The molecule has 2 unspecified atom stereocenters. The summed E-state index contributed by atoms with van der Waals surface area (Å²) in [5, 5.41) is 4.85. The molecule has 0 spiro atoms. The maximum atomic E-state index is 12.8. The van der Waals surface area contributed by atoms with E-state index in [2.05, 4.69) is 34.7 Å². The van der Waals surface area contributed by atoms with E-state index in [1.807, 2.05) is 6.07 Å². The highest BCUT2D eigenvalue weighted by Gasteiger charge is 2.35. The molecule has 5 rings (SSSR count). The summed E-state index contributed by atoms with van der Waals surface area (Å²) in [5.74, 6) is -0.183. The highest BCUT2D eigenvalue weighted by molar-refractivity contribution is 5.88. The first-order valence-corrected chi connectivity index (χ1v) is 14.2. The number of alkyl halides is 3. The van der Waals surface area contributed by atoms with Gasteiger partial charge in [0.2, 0.25) is 11.8 Å². The van der Waals surface area contributed by atoms with Crippen LogP contribution in [-0.4, -0.2) is 53.0 Å². The Labute approximate surface area is 232 Å². The molecule has 2 heterocycles. The summed E-state index contributed by atoms with van der Waals surface area (Å²) in [5.41, 5.74) is 7.72. The molecule has 1 aromatic carbocycles. The lowest BCUT2D eigenvalue weighted by Crippen LogP contribution is -2.54. The standard InChI is InChI=1S/C31H37F3N4O2/c32-31(33,34)23-10-5-20(6-11-23)7-14-28(39)38-17-15-22(16-18-38)29(30(35)40)37-24-12-8-21(9-13-24)26-19-36-27-4-2-1-3-25(26)27/h1-5,7,10-11,14,19-22,24,29,36-37H,6,8-9,12-13,15-18H2,(H2,35,40)/b14-7+. The van der Waals surface area contributed by atoms with Crippen molar-refractivity contribution in [1.82, 2.24) is 15.2 Å². The number of H-pyrrole nitrogens is 1. The largest absolute Gasteiger partial charge is 0.416 e. The van der Waals surface area contributed by atoms with Crippen LogP contribution in [0.4, 0.5) is 13.2 Å². The molecule has 6 nitrogen and oxygen atoms in total. The van der Waals surface area contributed by atoms with E-state index in [0.717, 1.165) is 43.4 Å². The molecule has 3 aliphatic rings. The van der Waals surface area contributed by atoms with Crippen LogP contribution < -0.4 is 11.1 Å². The van der Waals surface area contributed by atoms with Crippen LogP contribution >= 0.6 is 0 Å². The molecule has 1 aliphatic heterocycles. The molecule has 2 aromatic rings. The Kier molecular flexibility index (Phi) is 8.49. The van der Waals surface area contributed by atoms with Crippen LogP contribution in [-0.2, 0) is 9.59 Å². The van der Waals surface area contributed by atoms with Gasteiger partial charge < -0.3 is 20.9 Å². The van der Waals surface area contributed by atoms with E-state index in [9.17, 15) is 22.8 Å². The number of primary amides is 1. The third kappa shape index (κ3) is 6.52. The van der Waals surface area contributed by atoms with Gasteiger partial charge in [-0.3, -0.25) is 9.59 Å². The van der Waals surface area contributed by atoms with Crippen LogP contribution in [0.1, 0.15) is 56.4 Å². The van der Waals surface area contributed by atoms with Gasteiger partial charge in [0, 0.05) is 36.2 Å². The zero-order valence-electron chi connectivity index (χ0n) is 22.5. The number of nitrogens with one attached hydrogen (secondary N) is 2. The summed E-state index contributed by atoms with van der Waals surface area (Å²) in [6, 6.07) is 8.18. The lowest BCUT2D eigenvalue weighted by molar-refractivity contribution is -0.128. The van der Waals surface area contributed by atoms with E-state index in [1.165, 1.54) is 23.1 Å². The van der Waals surface area contributed by atoms with E-state index in [-0.39, 0.29) is 36.1 Å². The molecule has 1 aromatic heterocycles. The average molecular weight is 555 g/mol. The van der Waals surface area contributed by atoms with Crippen molar-refractivity contribution in [1.29, 1.82) is 0 Å². The maximum absolute atomic E-state index is 12.8. The summed E-state index contributed by atoms with van der Waals surface area (Å²) in [4.78, 5) is 30.3. The summed E-state index contributed by atoms with van der Waals surface area (Å²) in [7, 11) is 0. The molecule has 214 valence electrons. The molecule has 2 amide bonds. The number of halogens is 3. The fourth-order valence-electron chi connectivity index (χ4n) is 6.46. The molecule has 1 saturated heterocycles. The Balaban J connectivity index is 1.09. The van der Waals surface area contributed by atoms with Crippen molar-refractivity contribution in [2.24, 2.45) is 17.6 Å². The molecule has 2 atom stereocenters. The van der Waals surface area contributed by atoms with Gasteiger partial charge in [0.1, 0.15) is 0 Å². The minimum Gasteiger partial charge on any atom is -0.368 e. The van der Waals surface area contributed by atoms with E-state index in [1.54, 1.807) is 11.0 Å². The Hall–Kier alpha value is -3.33. The van der Waals surface area contributed by atoms with Crippen LogP contribution in [0, 0.1) is 11.8 Å². The number of likely N-dealkylation sites (tertiary alicyclic amines) is 1. The minimum absolute atomic E-state index is 0.0593. The number of aromatic amines is 1. The fourth-order valence-corrected chi connectivity index (χ4v) is 6.46. The number of carbonyl (C=O) groups is 2. The number of fused-ring (bicyclic) bond motifs is 1. The molecular weight excluding hydrogens is 517 g/mol. The van der Waals surface area contributed by atoms with Gasteiger partial charge in [-0.2, -0.15) is 13.2 Å². The molecule has 0 radical (unpaired) electrons. The first-order valence-electron chi connectivity index (χ1n) is 14.2. The Morgan fingerprint density at radius 1 is 1.07 bits per heavy atom. The first-order chi connectivity index (χ1) is 19.2. The van der Waals surface area contributed by atoms with Gasteiger partial charge in [-0.25, -0.2) is 0 Å². The van der Waals surface area contributed by atoms with Gasteiger partial charge in [0.25, 0.3) is 0 Å².